The maximum Gasteiger partial charge on any atom is 0.273 e. The molecule has 8 heteroatoms. The van der Waals surface area contributed by atoms with E-state index >= 15 is 0 Å². The smallest absolute Gasteiger partial charge is 0.273 e. The third-order valence-electron chi connectivity index (χ3n) is 4.96. The Labute approximate surface area is 193 Å². The molecule has 0 radical (unpaired) electrons. The van der Waals surface area contributed by atoms with Crippen molar-refractivity contribution < 1.29 is 28.5 Å². The van der Waals surface area contributed by atoms with Crippen molar-refractivity contribution in [1.29, 1.82) is 0 Å². The van der Waals surface area contributed by atoms with E-state index in [0.717, 1.165) is 16.3 Å². The molecule has 3 rings (SSSR count). The van der Waals surface area contributed by atoms with Crippen molar-refractivity contribution in [2.75, 3.05) is 41.7 Å². The van der Waals surface area contributed by atoms with E-state index in [2.05, 4.69) is 10.5 Å². The van der Waals surface area contributed by atoms with E-state index in [9.17, 15) is 4.79 Å². The summed E-state index contributed by atoms with van der Waals surface area (Å²) in [5, 5.41) is 6.20. The van der Waals surface area contributed by atoms with Crippen molar-refractivity contribution in [2.24, 2.45) is 5.10 Å². The van der Waals surface area contributed by atoms with Gasteiger partial charge in [0.05, 0.1) is 40.8 Å². The summed E-state index contributed by atoms with van der Waals surface area (Å²) in [7, 11) is 6.18. The second-order valence-corrected chi connectivity index (χ2v) is 7.04. The summed E-state index contributed by atoms with van der Waals surface area (Å²) >= 11 is 0. The molecular weight excluding hydrogens is 424 g/mol. The SMILES string of the molecule is COCCOC(C(=O)NN=Cc1cc(OC)c(OC)c(OC)c1)c1ccc2ccccc2c1. The first-order chi connectivity index (χ1) is 16.1. The minimum atomic E-state index is -0.846. The third kappa shape index (κ3) is 6.00. The molecule has 1 unspecified atom stereocenters. The zero-order valence-corrected chi connectivity index (χ0v) is 19.2. The summed E-state index contributed by atoms with van der Waals surface area (Å²) in [4.78, 5) is 13.0. The Balaban J connectivity index is 1.79. The van der Waals surface area contributed by atoms with Crippen LogP contribution in [0.25, 0.3) is 10.8 Å². The highest BCUT2D eigenvalue weighted by atomic mass is 16.5. The van der Waals surface area contributed by atoms with Crippen LogP contribution in [0, 0.1) is 0 Å². The lowest BCUT2D eigenvalue weighted by atomic mass is 10.0. The van der Waals surface area contributed by atoms with Gasteiger partial charge in [0.2, 0.25) is 5.75 Å². The summed E-state index contributed by atoms with van der Waals surface area (Å²) in [6, 6.07) is 17.2. The molecular formula is C25H28N2O6. The second-order valence-electron chi connectivity index (χ2n) is 7.04. The number of amides is 1. The number of carbonyl (C=O) groups is 1. The zero-order valence-electron chi connectivity index (χ0n) is 19.2. The fraction of sp³-hybridized carbons (Fsp3) is 0.280. The lowest BCUT2D eigenvalue weighted by Gasteiger charge is -2.17. The van der Waals surface area contributed by atoms with Gasteiger partial charge in [0.15, 0.2) is 17.6 Å². The minimum absolute atomic E-state index is 0.262. The van der Waals surface area contributed by atoms with Crippen LogP contribution in [-0.4, -0.2) is 53.8 Å². The first kappa shape index (κ1) is 24.0. The van der Waals surface area contributed by atoms with E-state index in [1.807, 2.05) is 42.5 Å². The molecule has 0 saturated heterocycles. The number of rotatable bonds is 11. The van der Waals surface area contributed by atoms with E-state index in [0.29, 0.717) is 29.4 Å². The molecule has 174 valence electrons. The van der Waals surface area contributed by atoms with Crippen LogP contribution in [0.4, 0.5) is 0 Å². The zero-order chi connectivity index (χ0) is 23.6. The molecule has 0 aliphatic carbocycles. The van der Waals surface area contributed by atoms with Gasteiger partial charge < -0.3 is 23.7 Å². The van der Waals surface area contributed by atoms with E-state index < -0.39 is 12.0 Å². The Kier molecular flexibility index (Phi) is 8.63. The molecule has 0 saturated carbocycles. The number of fused-ring (bicyclic) bond motifs is 1. The monoisotopic (exact) mass is 452 g/mol. The standard InChI is InChI=1S/C25H28N2O6/c1-29-11-12-33-23(20-10-9-18-7-5-6-8-19(18)15-20)25(28)27-26-16-17-13-21(30-2)24(32-4)22(14-17)31-3/h5-10,13-16,23H,11-12H2,1-4H3,(H,27,28). The molecule has 0 heterocycles. The molecule has 0 fully saturated rings. The lowest BCUT2D eigenvalue weighted by molar-refractivity contribution is -0.134. The molecule has 0 aliphatic rings. The van der Waals surface area contributed by atoms with Crippen LogP contribution >= 0.6 is 0 Å². The molecule has 1 N–H and O–H groups in total. The van der Waals surface area contributed by atoms with Crippen LogP contribution in [0.5, 0.6) is 17.2 Å². The molecule has 0 aromatic heterocycles. The Hall–Kier alpha value is -3.62. The normalized spacial score (nSPS) is 12.0. The van der Waals surface area contributed by atoms with Gasteiger partial charge in [-0.05, 0) is 34.5 Å². The summed E-state index contributed by atoms with van der Waals surface area (Å²) in [6.07, 6.45) is 0.650. The molecule has 0 spiro atoms. The van der Waals surface area contributed by atoms with Crippen molar-refractivity contribution in [2.45, 2.75) is 6.10 Å². The van der Waals surface area contributed by atoms with Gasteiger partial charge in [-0.25, -0.2) is 5.43 Å². The maximum atomic E-state index is 13.0. The van der Waals surface area contributed by atoms with Gasteiger partial charge in [0, 0.05) is 12.7 Å². The Morgan fingerprint density at radius 2 is 1.61 bits per heavy atom. The number of nitrogens with one attached hydrogen (secondary N) is 1. The maximum absolute atomic E-state index is 13.0. The minimum Gasteiger partial charge on any atom is -0.493 e. The van der Waals surface area contributed by atoms with Crippen molar-refractivity contribution in [1.82, 2.24) is 5.43 Å². The van der Waals surface area contributed by atoms with Crippen molar-refractivity contribution in [3.8, 4) is 17.2 Å². The highest BCUT2D eigenvalue weighted by Crippen LogP contribution is 2.37. The first-order valence-corrected chi connectivity index (χ1v) is 10.3. The molecule has 0 aliphatic heterocycles. The van der Waals surface area contributed by atoms with Gasteiger partial charge in [-0.15, -0.1) is 0 Å². The number of hydrogen-bond acceptors (Lipinski definition) is 7. The highest BCUT2D eigenvalue weighted by Gasteiger charge is 2.21. The van der Waals surface area contributed by atoms with Crippen LogP contribution in [0.15, 0.2) is 59.7 Å². The highest BCUT2D eigenvalue weighted by molar-refractivity contribution is 5.88. The van der Waals surface area contributed by atoms with E-state index in [-0.39, 0.29) is 6.61 Å². The summed E-state index contributed by atoms with van der Waals surface area (Å²) in [5.74, 6) is 1.05. The average molecular weight is 453 g/mol. The number of carbonyl (C=O) groups excluding carboxylic acids is 1. The fourth-order valence-electron chi connectivity index (χ4n) is 3.35. The van der Waals surface area contributed by atoms with Gasteiger partial charge in [0.1, 0.15) is 0 Å². The molecule has 3 aromatic carbocycles. The van der Waals surface area contributed by atoms with Gasteiger partial charge >= 0.3 is 0 Å². The summed E-state index contributed by atoms with van der Waals surface area (Å²) in [5.41, 5.74) is 3.95. The van der Waals surface area contributed by atoms with Crippen LogP contribution in [0.1, 0.15) is 17.2 Å². The van der Waals surface area contributed by atoms with Crippen LogP contribution in [0.3, 0.4) is 0 Å². The molecule has 1 atom stereocenters. The first-order valence-electron chi connectivity index (χ1n) is 10.3. The fourth-order valence-corrected chi connectivity index (χ4v) is 3.35. The van der Waals surface area contributed by atoms with Gasteiger partial charge in [0.25, 0.3) is 5.91 Å². The number of nitrogens with zero attached hydrogens (tertiary/aromatic N) is 1. The van der Waals surface area contributed by atoms with E-state index in [4.69, 9.17) is 23.7 Å². The van der Waals surface area contributed by atoms with Crippen molar-refractivity contribution >= 4 is 22.9 Å². The van der Waals surface area contributed by atoms with Crippen molar-refractivity contribution in [3.63, 3.8) is 0 Å². The largest absolute Gasteiger partial charge is 0.493 e. The Bertz CT molecular complexity index is 1090. The van der Waals surface area contributed by atoms with Crippen LogP contribution in [-0.2, 0) is 14.3 Å². The summed E-state index contributed by atoms with van der Waals surface area (Å²) < 4.78 is 26.9. The molecule has 1 amide bonds. The van der Waals surface area contributed by atoms with Gasteiger partial charge in [-0.3, -0.25) is 4.79 Å². The van der Waals surface area contributed by atoms with Gasteiger partial charge in [-0.2, -0.15) is 5.10 Å². The number of benzene rings is 3. The number of methoxy groups -OCH3 is 4. The third-order valence-corrected chi connectivity index (χ3v) is 4.96. The van der Waals surface area contributed by atoms with Crippen molar-refractivity contribution in [3.05, 3.63) is 65.7 Å². The second kappa shape index (κ2) is 11.8. The molecule has 3 aromatic rings. The summed E-state index contributed by atoms with van der Waals surface area (Å²) in [6.45, 7) is 0.629. The predicted molar refractivity (Wildman–Crippen MR) is 126 cm³/mol. The van der Waals surface area contributed by atoms with Crippen LogP contribution in [0.2, 0.25) is 0 Å². The Morgan fingerprint density at radius 3 is 2.24 bits per heavy atom. The Morgan fingerprint density at radius 1 is 0.909 bits per heavy atom. The molecule has 8 nitrogen and oxygen atoms in total. The van der Waals surface area contributed by atoms with E-state index in [1.165, 1.54) is 27.5 Å². The topological polar surface area (TPSA) is 87.6 Å². The van der Waals surface area contributed by atoms with Gasteiger partial charge in [-0.1, -0.05) is 36.4 Å². The lowest BCUT2D eigenvalue weighted by Crippen LogP contribution is -2.28. The number of hydrogen-bond donors (Lipinski definition) is 1. The average Bonchev–Trinajstić information content (AvgIpc) is 2.85. The number of hydrazone groups is 1. The quantitative estimate of drug-likeness (QED) is 0.271. The van der Waals surface area contributed by atoms with E-state index in [1.54, 1.807) is 19.2 Å². The molecule has 0 bridgehead atoms. The predicted octanol–water partition coefficient (Wildman–Crippen LogP) is 3.72. The van der Waals surface area contributed by atoms with Crippen LogP contribution < -0.4 is 19.6 Å². The number of ether oxygens (including phenoxy) is 5. The molecule has 33 heavy (non-hydrogen) atoms.